The topological polar surface area (TPSA) is 65.1 Å². The molecule has 3 aromatic rings. The van der Waals surface area contributed by atoms with Crippen LogP contribution in [0, 0.1) is 6.92 Å². The Bertz CT molecular complexity index is 853. The van der Waals surface area contributed by atoms with Gasteiger partial charge in [0.05, 0.1) is 0 Å². The van der Waals surface area contributed by atoms with E-state index in [9.17, 15) is 9.90 Å². The van der Waals surface area contributed by atoms with Gasteiger partial charge >= 0.3 is 5.97 Å². The second-order valence-corrected chi connectivity index (χ2v) is 6.28. The third-order valence-electron chi connectivity index (χ3n) is 4.40. The molecule has 0 radical (unpaired) electrons. The zero-order valence-corrected chi connectivity index (χ0v) is 14.0. The molecule has 0 spiro atoms. The van der Waals surface area contributed by atoms with Gasteiger partial charge in [0.25, 0.3) is 0 Å². The normalized spacial score (nSPS) is 12.4. The molecule has 0 aliphatic rings. The molecule has 24 heavy (non-hydrogen) atoms. The van der Waals surface area contributed by atoms with Crippen molar-refractivity contribution >= 4 is 16.9 Å². The molecule has 0 aliphatic heterocycles. The third-order valence-corrected chi connectivity index (χ3v) is 4.40. The smallest absolute Gasteiger partial charge is 0.352 e. The summed E-state index contributed by atoms with van der Waals surface area (Å²) >= 11 is 0. The minimum absolute atomic E-state index is 0.274. The Morgan fingerprint density at radius 1 is 1.21 bits per heavy atom. The first-order valence-electron chi connectivity index (χ1n) is 8.16. The van der Waals surface area contributed by atoms with E-state index in [1.807, 2.05) is 43.3 Å². The molecule has 0 bridgehead atoms. The van der Waals surface area contributed by atoms with Crippen molar-refractivity contribution in [2.75, 3.05) is 6.54 Å². The van der Waals surface area contributed by atoms with E-state index in [-0.39, 0.29) is 5.69 Å². The first-order chi connectivity index (χ1) is 11.6. The van der Waals surface area contributed by atoms with Crippen LogP contribution in [-0.2, 0) is 6.54 Å². The summed E-state index contributed by atoms with van der Waals surface area (Å²) in [6.07, 6.45) is 0. The molecule has 2 aromatic carbocycles. The van der Waals surface area contributed by atoms with Gasteiger partial charge in [-0.2, -0.15) is 0 Å². The number of carbonyl (C=O) groups is 1. The van der Waals surface area contributed by atoms with Crippen LogP contribution in [0.4, 0.5) is 0 Å². The number of aryl methyl sites for hydroxylation is 1. The van der Waals surface area contributed by atoms with Crippen LogP contribution in [0.15, 0.2) is 48.5 Å². The molecule has 0 unspecified atom stereocenters. The van der Waals surface area contributed by atoms with Crippen molar-refractivity contribution < 1.29 is 9.90 Å². The number of carboxylic acid groups (broad SMARTS) is 1. The van der Waals surface area contributed by atoms with Gasteiger partial charge in [0.15, 0.2) is 0 Å². The van der Waals surface area contributed by atoms with Crippen LogP contribution in [0.1, 0.15) is 40.0 Å². The van der Waals surface area contributed by atoms with Gasteiger partial charge in [0.2, 0.25) is 0 Å². The molecule has 3 rings (SSSR count). The van der Waals surface area contributed by atoms with E-state index in [4.69, 9.17) is 0 Å². The molecule has 1 heterocycles. The van der Waals surface area contributed by atoms with Crippen LogP contribution in [0.25, 0.3) is 10.9 Å². The van der Waals surface area contributed by atoms with Crippen LogP contribution in [0.3, 0.4) is 0 Å². The van der Waals surface area contributed by atoms with E-state index >= 15 is 0 Å². The number of benzene rings is 2. The first-order valence-corrected chi connectivity index (χ1v) is 8.16. The van der Waals surface area contributed by atoms with Gasteiger partial charge in [-0.3, -0.25) is 0 Å². The summed E-state index contributed by atoms with van der Waals surface area (Å²) in [4.78, 5) is 14.6. The van der Waals surface area contributed by atoms with Gasteiger partial charge in [-0.1, -0.05) is 49.4 Å². The summed E-state index contributed by atoms with van der Waals surface area (Å²) in [5.41, 5.74) is 4.35. The number of fused-ring (bicyclic) bond motifs is 1. The molecule has 124 valence electrons. The van der Waals surface area contributed by atoms with E-state index in [1.165, 1.54) is 5.56 Å². The predicted octanol–water partition coefficient (Wildman–Crippen LogP) is 4.07. The lowest BCUT2D eigenvalue weighted by Gasteiger charge is -2.13. The van der Waals surface area contributed by atoms with Gasteiger partial charge in [0, 0.05) is 29.6 Å². The second kappa shape index (κ2) is 6.89. The van der Waals surface area contributed by atoms with Crippen molar-refractivity contribution in [1.29, 1.82) is 0 Å². The van der Waals surface area contributed by atoms with E-state index in [1.54, 1.807) is 0 Å². The number of hydrogen-bond donors (Lipinski definition) is 3. The average Bonchev–Trinajstić information content (AvgIpc) is 2.93. The Labute approximate surface area is 141 Å². The number of aromatic nitrogens is 1. The fourth-order valence-electron chi connectivity index (χ4n) is 3.05. The van der Waals surface area contributed by atoms with Crippen LogP contribution in [-0.4, -0.2) is 22.6 Å². The van der Waals surface area contributed by atoms with E-state index < -0.39 is 5.97 Å². The SMILES string of the molecule is Cc1ccc2c(CNC[C@H](C)c3ccccc3)c(C(=O)O)[nH]c2c1. The van der Waals surface area contributed by atoms with Crippen LogP contribution < -0.4 is 5.32 Å². The fraction of sp³-hybridized carbons (Fsp3) is 0.250. The van der Waals surface area contributed by atoms with Crippen molar-refractivity contribution in [3.8, 4) is 0 Å². The molecule has 1 atom stereocenters. The Morgan fingerprint density at radius 3 is 2.67 bits per heavy atom. The highest BCUT2D eigenvalue weighted by Crippen LogP contribution is 2.24. The molecular weight excluding hydrogens is 300 g/mol. The Balaban J connectivity index is 1.77. The zero-order chi connectivity index (χ0) is 17.1. The van der Waals surface area contributed by atoms with Gasteiger partial charge in [0.1, 0.15) is 5.69 Å². The summed E-state index contributed by atoms with van der Waals surface area (Å²) in [7, 11) is 0. The molecule has 0 fully saturated rings. The lowest BCUT2D eigenvalue weighted by Crippen LogP contribution is -2.20. The first kappa shape index (κ1) is 16.3. The number of carboxylic acids is 1. The summed E-state index contributed by atoms with van der Waals surface area (Å²) in [5, 5.41) is 13.8. The standard InChI is InChI=1S/C20H22N2O2/c1-13-8-9-16-17(19(20(23)24)22-18(16)10-13)12-21-11-14(2)15-6-4-3-5-7-15/h3-10,14,21-22H,11-12H2,1-2H3,(H,23,24)/t14-/m0/s1. The molecule has 0 aliphatic carbocycles. The lowest BCUT2D eigenvalue weighted by molar-refractivity contribution is 0.0690. The highest BCUT2D eigenvalue weighted by Gasteiger charge is 2.17. The number of H-pyrrole nitrogens is 1. The highest BCUT2D eigenvalue weighted by molar-refractivity contribution is 5.97. The molecule has 3 N–H and O–H groups in total. The molecular formula is C20H22N2O2. The number of nitrogens with one attached hydrogen (secondary N) is 2. The summed E-state index contributed by atoms with van der Waals surface area (Å²) in [5.74, 6) is -0.552. The van der Waals surface area contributed by atoms with Gasteiger partial charge in [-0.15, -0.1) is 0 Å². The largest absolute Gasteiger partial charge is 0.477 e. The maximum Gasteiger partial charge on any atom is 0.352 e. The predicted molar refractivity (Wildman–Crippen MR) is 96.6 cm³/mol. The maximum atomic E-state index is 11.5. The van der Waals surface area contributed by atoms with Crippen molar-refractivity contribution in [2.24, 2.45) is 0 Å². The monoisotopic (exact) mass is 322 g/mol. The van der Waals surface area contributed by atoms with Gasteiger partial charge in [-0.05, 0) is 30.0 Å². The van der Waals surface area contributed by atoms with Crippen LogP contribution >= 0.6 is 0 Å². The minimum Gasteiger partial charge on any atom is -0.477 e. The molecule has 0 amide bonds. The van der Waals surface area contributed by atoms with Crippen molar-refractivity contribution in [3.63, 3.8) is 0 Å². The lowest BCUT2D eigenvalue weighted by atomic mass is 10.0. The third kappa shape index (κ3) is 3.34. The van der Waals surface area contributed by atoms with Crippen LogP contribution in [0.5, 0.6) is 0 Å². The summed E-state index contributed by atoms with van der Waals surface area (Å²) in [6, 6.07) is 16.3. The minimum atomic E-state index is -0.920. The molecule has 0 saturated carbocycles. The van der Waals surface area contributed by atoms with Crippen molar-refractivity contribution in [2.45, 2.75) is 26.3 Å². The second-order valence-electron chi connectivity index (χ2n) is 6.28. The Kier molecular flexibility index (Phi) is 4.67. The number of aromatic carboxylic acids is 1. The summed E-state index contributed by atoms with van der Waals surface area (Å²) in [6.45, 7) is 5.49. The van der Waals surface area contributed by atoms with Gasteiger partial charge < -0.3 is 15.4 Å². The van der Waals surface area contributed by atoms with E-state index in [2.05, 4.69) is 29.4 Å². The quantitative estimate of drug-likeness (QED) is 0.641. The Morgan fingerprint density at radius 2 is 1.96 bits per heavy atom. The van der Waals surface area contributed by atoms with Gasteiger partial charge in [-0.25, -0.2) is 4.79 Å². The number of aromatic amines is 1. The summed E-state index contributed by atoms with van der Waals surface area (Å²) < 4.78 is 0. The maximum absolute atomic E-state index is 11.5. The number of rotatable bonds is 6. The molecule has 0 saturated heterocycles. The average molecular weight is 322 g/mol. The highest BCUT2D eigenvalue weighted by atomic mass is 16.4. The van der Waals surface area contributed by atoms with Crippen LogP contribution in [0.2, 0.25) is 0 Å². The Hall–Kier alpha value is -2.59. The van der Waals surface area contributed by atoms with Crippen molar-refractivity contribution in [1.82, 2.24) is 10.3 Å². The van der Waals surface area contributed by atoms with E-state index in [0.717, 1.165) is 28.6 Å². The number of hydrogen-bond acceptors (Lipinski definition) is 2. The van der Waals surface area contributed by atoms with Crippen molar-refractivity contribution in [3.05, 3.63) is 70.9 Å². The molecule has 4 heteroatoms. The fourth-order valence-corrected chi connectivity index (χ4v) is 3.05. The van der Waals surface area contributed by atoms with E-state index in [0.29, 0.717) is 12.5 Å². The zero-order valence-electron chi connectivity index (χ0n) is 14.0. The molecule has 1 aromatic heterocycles. The molecule has 4 nitrogen and oxygen atoms in total.